The first kappa shape index (κ1) is 9.93. The molecule has 1 aliphatic heterocycles. The third-order valence-corrected chi connectivity index (χ3v) is 2.91. The van der Waals surface area contributed by atoms with Gasteiger partial charge in [-0.2, -0.15) is 0 Å². The lowest BCUT2D eigenvalue weighted by Gasteiger charge is -2.36. The molecular formula is C10H19N3O. The van der Waals surface area contributed by atoms with Gasteiger partial charge in [-0.15, -0.1) is 0 Å². The molecule has 0 aromatic rings. The van der Waals surface area contributed by atoms with E-state index in [4.69, 9.17) is 0 Å². The van der Waals surface area contributed by atoms with Gasteiger partial charge in [-0.25, -0.2) is 5.01 Å². The zero-order valence-corrected chi connectivity index (χ0v) is 8.99. The van der Waals surface area contributed by atoms with Crippen LogP contribution in [0.25, 0.3) is 0 Å². The number of nitrogens with zero attached hydrogens (tertiary/aromatic N) is 2. The Morgan fingerprint density at radius 3 is 2.64 bits per heavy atom. The fourth-order valence-electron chi connectivity index (χ4n) is 1.94. The van der Waals surface area contributed by atoms with E-state index in [9.17, 15) is 4.79 Å². The fourth-order valence-corrected chi connectivity index (χ4v) is 1.94. The van der Waals surface area contributed by atoms with Crippen molar-refractivity contribution < 1.29 is 4.79 Å². The van der Waals surface area contributed by atoms with Gasteiger partial charge in [0.2, 0.25) is 0 Å². The third-order valence-electron chi connectivity index (χ3n) is 2.91. The standard InChI is InChI=1S/C10H19N3O/c1-12(2)13-7-3-4-9(10(13)14)11-8-5-6-8/h8-9,11H,3-7H2,1-2H3. The average Bonchev–Trinajstić information content (AvgIpc) is 2.92. The molecular weight excluding hydrogens is 178 g/mol. The summed E-state index contributed by atoms with van der Waals surface area (Å²) in [6.07, 6.45) is 4.59. The Morgan fingerprint density at radius 2 is 2.07 bits per heavy atom. The van der Waals surface area contributed by atoms with Crippen LogP contribution >= 0.6 is 0 Å². The molecule has 4 nitrogen and oxygen atoms in total. The number of carbonyl (C=O) groups is 1. The molecule has 0 aromatic carbocycles. The van der Waals surface area contributed by atoms with Gasteiger partial charge in [0, 0.05) is 26.7 Å². The Balaban J connectivity index is 1.93. The molecule has 1 saturated heterocycles. The Bertz CT molecular complexity index is 225. The van der Waals surface area contributed by atoms with E-state index in [2.05, 4.69) is 5.32 Å². The van der Waals surface area contributed by atoms with Gasteiger partial charge in [0.25, 0.3) is 5.91 Å². The van der Waals surface area contributed by atoms with Crippen LogP contribution in [0.2, 0.25) is 0 Å². The highest BCUT2D eigenvalue weighted by Gasteiger charge is 2.33. The number of carbonyl (C=O) groups excluding carboxylic acids is 1. The van der Waals surface area contributed by atoms with E-state index in [1.807, 2.05) is 24.1 Å². The van der Waals surface area contributed by atoms with Crippen LogP contribution in [-0.4, -0.2) is 48.6 Å². The lowest BCUT2D eigenvalue weighted by Crippen LogP contribution is -2.55. The third kappa shape index (κ3) is 2.07. The summed E-state index contributed by atoms with van der Waals surface area (Å²) in [6.45, 7) is 0.870. The second kappa shape index (κ2) is 3.87. The normalized spacial score (nSPS) is 28.6. The van der Waals surface area contributed by atoms with Gasteiger partial charge in [-0.05, 0) is 25.7 Å². The molecule has 80 valence electrons. The molecule has 0 aromatic heterocycles. The van der Waals surface area contributed by atoms with Gasteiger partial charge in [0.05, 0.1) is 6.04 Å². The van der Waals surface area contributed by atoms with E-state index in [-0.39, 0.29) is 11.9 Å². The molecule has 1 atom stereocenters. The van der Waals surface area contributed by atoms with Gasteiger partial charge in [0.1, 0.15) is 0 Å². The highest BCUT2D eigenvalue weighted by molar-refractivity contribution is 5.82. The molecule has 2 aliphatic rings. The zero-order valence-electron chi connectivity index (χ0n) is 8.99. The van der Waals surface area contributed by atoms with Crippen molar-refractivity contribution in [3.63, 3.8) is 0 Å². The molecule has 1 unspecified atom stereocenters. The van der Waals surface area contributed by atoms with Gasteiger partial charge in [0.15, 0.2) is 0 Å². The molecule has 1 amide bonds. The molecule has 4 heteroatoms. The molecule has 1 N–H and O–H groups in total. The van der Waals surface area contributed by atoms with E-state index in [1.54, 1.807) is 0 Å². The first-order valence-corrected chi connectivity index (χ1v) is 5.43. The average molecular weight is 197 g/mol. The van der Waals surface area contributed by atoms with Crippen molar-refractivity contribution in [2.24, 2.45) is 0 Å². The van der Waals surface area contributed by atoms with E-state index < -0.39 is 0 Å². The number of rotatable bonds is 3. The first-order valence-electron chi connectivity index (χ1n) is 5.43. The number of piperidine rings is 1. The van der Waals surface area contributed by atoms with Gasteiger partial charge >= 0.3 is 0 Å². The van der Waals surface area contributed by atoms with Crippen molar-refractivity contribution >= 4 is 5.91 Å². The maximum absolute atomic E-state index is 12.0. The number of hydrogen-bond donors (Lipinski definition) is 1. The van der Waals surface area contributed by atoms with Crippen LogP contribution in [0.3, 0.4) is 0 Å². The minimum Gasteiger partial charge on any atom is -0.303 e. The van der Waals surface area contributed by atoms with Crippen molar-refractivity contribution in [1.82, 2.24) is 15.3 Å². The van der Waals surface area contributed by atoms with Crippen LogP contribution in [0, 0.1) is 0 Å². The smallest absolute Gasteiger partial charge is 0.253 e. The minimum absolute atomic E-state index is 0.0682. The van der Waals surface area contributed by atoms with Crippen LogP contribution in [0.5, 0.6) is 0 Å². The number of nitrogens with one attached hydrogen (secondary N) is 1. The second-order valence-electron chi connectivity index (χ2n) is 4.44. The highest BCUT2D eigenvalue weighted by Crippen LogP contribution is 2.22. The fraction of sp³-hybridized carbons (Fsp3) is 0.900. The van der Waals surface area contributed by atoms with Crippen molar-refractivity contribution in [2.45, 2.75) is 37.8 Å². The maximum atomic E-state index is 12.0. The summed E-state index contributed by atoms with van der Waals surface area (Å²) in [4.78, 5) is 12.0. The lowest BCUT2D eigenvalue weighted by atomic mass is 10.1. The van der Waals surface area contributed by atoms with E-state index >= 15 is 0 Å². The Labute approximate surface area is 85.2 Å². The van der Waals surface area contributed by atoms with Crippen molar-refractivity contribution in [3.05, 3.63) is 0 Å². The maximum Gasteiger partial charge on any atom is 0.253 e. The first-order chi connectivity index (χ1) is 6.68. The van der Waals surface area contributed by atoms with Crippen LogP contribution in [0.15, 0.2) is 0 Å². The number of amides is 1. The molecule has 1 saturated carbocycles. The van der Waals surface area contributed by atoms with Crippen molar-refractivity contribution in [3.8, 4) is 0 Å². The molecule has 2 fully saturated rings. The summed E-state index contributed by atoms with van der Waals surface area (Å²) in [5.74, 6) is 0.244. The Hall–Kier alpha value is -0.610. The topological polar surface area (TPSA) is 35.6 Å². The molecule has 1 heterocycles. The summed E-state index contributed by atoms with van der Waals surface area (Å²) in [6, 6.07) is 0.685. The van der Waals surface area contributed by atoms with Gasteiger partial charge < -0.3 is 5.32 Å². The largest absolute Gasteiger partial charge is 0.303 e. The summed E-state index contributed by atoms with van der Waals surface area (Å²) >= 11 is 0. The summed E-state index contributed by atoms with van der Waals surface area (Å²) in [5, 5.41) is 7.14. The Morgan fingerprint density at radius 1 is 1.36 bits per heavy atom. The highest BCUT2D eigenvalue weighted by atomic mass is 16.2. The van der Waals surface area contributed by atoms with E-state index in [1.165, 1.54) is 12.8 Å². The van der Waals surface area contributed by atoms with Crippen LogP contribution in [-0.2, 0) is 4.79 Å². The quantitative estimate of drug-likeness (QED) is 0.702. The van der Waals surface area contributed by atoms with E-state index in [0.717, 1.165) is 19.4 Å². The van der Waals surface area contributed by atoms with Crippen LogP contribution < -0.4 is 5.32 Å². The molecule has 1 aliphatic carbocycles. The van der Waals surface area contributed by atoms with Gasteiger partial charge in [-0.1, -0.05) is 0 Å². The minimum atomic E-state index is 0.0682. The van der Waals surface area contributed by atoms with Crippen LogP contribution in [0.4, 0.5) is 0 Å². The predicted molar refractivity (Wildman–Crippen MR) is 54.6 cm³/mol. The molecule has 0 radical (unpaired) electrons. The number of hydrazine groups is 1. The van der Waals surface area contributed by atoms with E-state index in [0.29, 0.717) is 6.04 Å². The van der Waals surface area contributed by atoms with Gasteiger partial charge in [-0.3, -0.25) is 9.80 Å². The molecule has 14 heavy (non-hydrogen) atoms. The van der Waals surface area contributed by atoms with Crippen molar-refractivity contribution in [1.29, 1.82) is 0 Å². The Kier molecular flexibility index (Phi) is 2.74. The predicted octanol–water partition coefficient (Wildman–Crippen LogP) is 0.206. The molecule has 2 rings (SSSR count). The number of hydrogen-bond acceptors (Lipinski definition) is 3. The SMILES string of the molecule is CN(C)N1CCCC(NC2CC2)C1=O. The second-order valence-corrected chi connectivity index (χ2v) is 4.44. The summed E-state index contributed by atoms with van der Waals surface area (Å²) in [7, 11) is 3.86. The summed E-state index contributed by atoms with van der Waals surface area (Å²) in [5.41, 5.74) is 0. The summed E-state index contributed by atoms with van der Waals surface area (Å²) < 4.78 is 0. The lowest BCUT2D eigenvalue weighted by molar-refractivity contribution is -0.150. The van der Waals surface area contributed by atoms with Crippen molar-refractivity contribution in [2.75, 3.05) is 20.6 Å². The zero-order chi connectivity index (χ0) is 10.1. The monoisotopic (exact) mass is 197 g/mol. The van der Waals surface area contributed by atoms with Crippen LogP contribution in [0.1, 0.15) is 25.7 Å². The molecule has 0 spiro atoms. The molecule has 0 bridgehead atoms.